The molecule has 0 saturated carbocycles. The van der Waals surface area contributed by atoms with Gasteiger partial charge in [0.15, 0.2) is 5.54 Å². The molecular weight excluding hydrogens is 814 g/mol. The summed E-state index contributed by atoms with van der Waals surface area (Å²) in [6, 6.07) is 62.6. The molecule has 2 unspecified atom stereocenters. The zero-order valence-electron chi connectivity index (χ0n) is 36.5. The molecule has 0 amide bonds. The molecule has 12 rings (SSSR count). The lowest BCUT2D eigenvalue weighted by molar-refractivity contribution is -0.718. The molecule has 2 aliphatic rings. The zero-order valence-corrected chi connectivity index (χ0v) is 38.2. The molecule has 1 aliphatic carbocycles. The van der Waals surface area contributed by atoms with E-state index in [1.54, 1.807) is 0 Å². The number of allylic oxidation sites excluding steroid dienone is 2. The SMILES string of the molecule is C=C1c2ccc(P(=S)(c3ccc(-n4c5c(c6ccccc64)C=CC(C)C5)cc3)c3ccc(-n4c5ccccc5c5ccccc54)cc3)cc2-c2ccc3ccccc3[n+]2C1(CC)CC. The van der Waals surface area contributed by atoms with E-state index in [1.807, 2.05) is 0 Å². The van der Waals surface area contributed by atoms with Crippen molar-refractivity contribution in [1.82, 2.24) is 9.13 Å². The maximum Gasteiger partial charge on any atom is 0.214 e. The van der Waals surface area contributed by atoms with Crippen LogP contribution >= 0.6 is 6.04 Å². The lowest BCUT2D eigenvalue weighted by atomic mass is 9.75. The molecule has 10 aromatic rings. The second-order valence-electron chi connectivity index (χ2n) is 17.8. The van der Waals surface area contributed by atoms with E-state index in [1.165, 1.54) is 98.9 Å². The Bertz CT molecular complexity index is 3570. The van der Waals surface area contributed by atoms with Gasteiger partial charge in [0, 0.05) is 80.8 Å². The van der Waals surface area contributed by atoms with Crippen LogP contribution in [0.25, 0.3) is 77.9 Å². The Hall–Kier alpha value is -6.58. The minimum absolute atomic E-state index is 0.237. The number of pyridine rings is 1. The van der Waals surface area contributed by atoms with Crippen LogP contribution in [0.1, 0.15) is 50.4 Å². The highest BCUT2D eigenvalue weighted by molar-refractivity contribution is 8.25. The van der Waals surface area contributed by atoms with Gasteiger partial charge in [-0.2, -0.15) is 4.57 Å². The third-order valence-corrected chi connectivity index (χ3v) is 19.6. The van der Waals surface area contributed by atoms with E-state index < -0.39 is 6.04 Å². The van der Waals surface area contributed by atoms with Gasteiger partial charge < -0.3 is 9.13 Å². The van der Waals surface area contributed by atoms with Gasteiger partial charge in [0.1, 0.15) is 0 Å². The maximum atomic E-state index is 7.29. The summed E-state index contributed by atoms with van der Waals surface area (Å²) < 4.78 is 7.46. The van der Waals surface area contributed by atoms with Gasteiger partial charge in [-0.25, -0.2) is 0 Å². The first-order valence-corrected chi connectivity index (χ1v) is 25.5. The van der Waals surface area contributed by atoms with Crippen LogP contribution in [-0.2, 0) is 23.8 Å². The van der Waals surface area contributed by atoms with Gasteiger partial charge in [0.2, 0.25) is 11.2 Å². The van der Waals surface area contributed by atoms with E-state index in [-0.39, 0.29) is 5.54 Å². The largest absolute Gasteiger partial charge is 0.313 e. The van der Waals surface area contributed by atoms with Crippen molar-refractivity contribution in [3.63, 3.8) is 0 Å². The summed E-state index contributed by atoms with van der Waals surface area (Å²) in [5.74, 6) is 0.479. The Morgan fingerprint density at radius 3 is 1.80 bits per heavy atom. The maximum absolute atomic E-state index is 7.29. The molecule has 4 heterocycles. The highest BCUT2D eigenvalue weighted by Crippen LogP contribution is 2.49. The molecule has 7 aromatic carbocycles. The normalized spacial score (nSPS) is 16.2. The summed E-state index contributed by atoms with van der Waals surface area (Å²) in [6.07, 6.45) is 7.59. The Labute approximate surface area is 380 Å². The topological polar surface area (TPSA) is 13.7 Å². The molecule has 0 saturated heterocycles. The van der Waals surface area contributed by atoms with Crippen LogP contribution in [0.3, 0.4) is 0 Å². The van der Waals surface area contributed by atoms with Crippen molar-refractivity contribution >= 4 is 89.0 Å². The Balaban J connectivity index is 1.06. The van der Waals surface area contributed by atoms with Gasteiger partial charge in [-0.15, -0.1) is 0 Å². The third-order valence-electron chi connectivity index (χ3n) is 14.6. The molecule has 5 heteroatoms. The molecule has 64 heavy (non-hydrogen) atoms. The molecule has 2 atom stereocenters. The lowest BCUT2D eigenvalue weighted by Crippen LogP contribution is -2.59. The lowest BCUT2D eigenvalue weighted by Gasteiger charge is -2.36. The fourth-order valence-electron chi connectivity index (χ4n) is 11.4. The van der Waals surface area contributed by atoms with E-state index in [9.17, 15) is 0 Å². The molecule has 3 aromatic heterocycles. The molecule has 310 valence electrons. The first-order chi connectivity index (χ1) is 31.3. The summed E-state index contributed by atoms with van der Waals surface area (Å²) in [6.45, 7) is 11.8. The Kier molecular flexibility index (Phi) is 8.99. The number of hydrogen-bond donors (Lipinski definition) is 0. The Morgan fingerprint density at radius 1 is 0.609 bits per heavy atom. The van der Waals surface area contributed by atoms with Crippen molar-refractivity contribution in [2.45, 2.75) is 45.6 Å². The quantitative estimate of drug-likeness (QED) is 0.115. The highest BCUT2D eigenvalue weighted by Gasteiger charge is 2.48. The number of hydrogen-bond acceptors (Lipinski definition) is 1. The fraction of sp³-hybridized carbons (Fsp3) is 0.136. The van der Waals surface area contributed by atoms with Crippen LogP contribution < -0.4 is 20.5 Å². The standard InChI is InChI=1S/C59H49N3PS/c1-5-59(6-2)40(4)47-35-33-46(38-52(47)57-36-24-41-15-7-11-19-53(41)62(57)59)63(64,44-29-25-42(26-30-44)60-54-20-12-8-16-48(54)49-17-9-13-21-55(49)60)45-31-27-43(28-32-45)61-56-22-14-10-18-50(56)51-34-23-39(3)37-58(51)61/h7-36,38-39H,4-6,37H2,1-3H3/q+1. The van der Waals surface area contributed by atoms with Crippen molar-refractivity contribution in [3.05, 3.63) is 205 Å². The van der Waals surface area contributed by atoms with E-state index in [2.05, 4.69) is 223 Å². The van der Waals surface area contributed by atoms with Crippen molar-refractivity contribution in [1.29, 1.82) is 0 Å². The molecule has 3 nitrogen and oxygen atoms in total. The van der Waals surface area contributed by atoms with Gasteiger partial charge in [-0.05, 0) is 94.5 Å². The van der Waals surface area contributed by atoms with Gasteiger partial charge in [-0.3, -0.25) is 0 Å². The number of para-hydroxylation sites is 4. The average Bonchev–Trinajstić information content (AvgIpc) is 3.86. The summed E-state index contributed by atoms with van der Waals surface area (Å²) in [4.78, 5) is 0. The summed E-state index contributed by atoms with van der Waals surface area (Å²) in [5, 5.41) is 8.56. The van der Waals surface area contributed by atoms with Crippen LogP contribution in [-0.4, -0.2) is 9.13 Å². The van der Waals surface area contributed by atoms with Crippen molar-refractivity contribution in [3.8, 4) is 22.6 Å². The van der Waals surface area contributed by atoms with Crippen LogP contribution in [0, 0.1) is 5.92 Å². The predicted molar refractivity (Wildman–Crippen MR) is 276 cm³/mol. The van der Waals surface area contributed by atoms with Crippen molar-refractivity contribution in [2.75, 3.05) is 0 Å². The van der Waals surface area contributed by atoms with Gasteiger partial charge >= 0.3 is 0 Å². The number of nitrogens with zero attached hydrogens (tertiary/aromatic N) is 3. The van der Waals surface area contributed by atoms with Crippen molar-refractivity contribution < 1.29 is 4.57 Å². The minimum Gasteiger partial charge on any atom is -0.313 e. The molecule has 1 aliphatic heterocycles. The second-order valence-corrected chi connectivity index (χ2v) is 22.2. The highest BCUT2D eigenvalue weighted by atomic mass is 32.4. The molecule has 0 bridgehead atoms. The van der Waals surface area contributed by atoms with Gasteiger partial charge in [-0.1, -0.05) is 154 Å². The second kappa shape index (κ2) is 14.7. The van der Waals surface area contributed by atoms with Crippen LogP contribution in [0.5, 0.6) is 0 Å². The van der Waals surface area contributed by atoms with Crippen LogP contribution in [0.2, 0.25) is 0 Å². The van der Waals surface area contributed by atoms with Gasteiger partial charge in [0.05, 0.1) is 22.1 Å². The smallest absolute Gasteiger partial charge is 0.214 e. The molecule has 0 N–H and O–H groups in total. The van der Waals surface area contributed by atoms with Crippen LogP contribution in [0.4, 0.5) is 0 Å². The van der Waals surface area contributed by atoms with Crippen LogP contribution in [0.15, 0.2) is 189 Å². The fourth-order valence-corrected chi connectivity index (χ4v) is 15.1. The zero-order chi connectivity index (χ0) is 43.3. The molecule has 0 fully saturated rings. The summed E-state index contributed by atoms with van der Waals surface area (Å²) in [7, 11) is 0. The summed E-state index contributed by atoms with van der Waals surface area (Å²) >= 11 is 7.29. The number of rotatable bonds is 7. The molecule has 0 spiro atoms. The van der Waals surface area contributed by atoms with Gasteiger partial charge in [0.25, 0.3) is 0 Å². The van der Waals surface area contributed by atoms with E-state index in [0.717, 1.165) is 24.9 Å². The van der Waals surface area contributed by atoms with E-state index in [0.29, 0.717) is 5.92 Å². The third kappa shape index (κ3) is 5.52. The summed E-state index contributed by atoms with van der Waals surface area (Å²) in [5.41, 5.74) is 14.5. The first-order valence-electron chi connectivity index (χ1n) is 22.7. The number of fused-ring (bicyclic) bond motifs is 11. The van der Waals surface area contributed by atoms with Crippen molar-refractivity contribution in [2.24, 2.45) is 5.92 Å². The monoisotopic (exact) mass is 862 g/mol. The molecule has 0 radical (unpaired) electrons. The Morgan fingerprint density at radius 2 is 1.16 bits per heavy atom. The number of benzene rings is 7. The first kappa shape index (κ1) is 39.0. The van der Waals surface area contributed by atoms with E-state index >= 15 is 0 Å². The molecular formula is C59H49N3PS+. The number of aromatic nitrogens is 3. The predicted octanol–water partition coefficient (Wildman–Crippen LogP) is 13.3. The minimum atomic E-state index is -2.65. The van der Waals surface area contributed by atoms with E-state index in [4.69, 9.17) is 18.4 Å². The average molecular weight is 863 g/mol.